The van der Waals surface area contributed by atoms with Gasteiger partial charge in [-0.25, -0.2) is 4.98 Å². The number of aromatic amines is 1. The van der Waals surface area contributed by atoms with Crippen LogP contribution in [0.4, 0.5) is 0 Å². The van der Waals surface area contributed by atoms with Gasteiger partial charge < -0.3 is 10.3 Å². The third-order valence-electron chi connectivity index (χ3n) is 2.48. The number of carbonyl (C=O) groups excluding carboxylic acids is 1. The number of imidazole rings is 1. The molecule has 2 aromatic heterocycles. The fourth-order valence-corrected chi connectivity index (χ4v) is 1.51. The zero-order valence-electron chi connectivity index (χ0n) is 10.1. The van der Waals surface area contributed by atoms with E-state index in [9.17, 15) is 4.79 Å². The number of hydrogen-bond donors (Lipinski definition) is 2. The number of amides is 1. The van der Waals surface area contributed by atoms with Crippen molar-refractivity contribution in [3.63, 3.8) is 0 Å². The first-order chi connectivity index (χ1) is 8.75. The smallest absolute Gasteiger partial charge is 0.244 e. The number of rotatable bonds is 5. The van der Waals surface area contributed by atoms with Crippen molar-refractivity contribution < 1.29 is 4.79 Å². The molecule has 0 atom stereocenters. The highest BCUT2D eigenvalue weighted by Gasteiger charge is 1.98. The van der Waals surface area contributed by atoms with Gasteiger partial charge >= 0.3 is 0 Å². The molecule has 0 aliphatic heterocycles. The van der Waals surface area contributed by atoms with Gasteiger partial charge in [-0.05, 0) is 12.1 Å². The Labute approximate surface area is 105 Å². The standard InChI is InChI=1S/C12H15N5O/c1-17-10(4-7-16-17)2-3-12(18)15-6-5-11-13-8-9-14-11/h2-4,7-9H,5-6H2,1H3,(H,13,14)(H,15,18)/b3-2+. The van der Waals surface area contributed by atoms with Gasteiger partial charge in [0.2, 0.25) is 5.91 Å². The molecule has 0 aliphatic carbocycles. The Kier molecular flexibility index (Phi) is 3.90. The lowest BCUT2D eigenvalue weighted by atomic mass is 10.3. The van der Waals surface area contributed by atoms with Gasteiger partial charge in [0.1, 0.15) is 5.82 Å². The molecule has 0 radical (unpaired) electrons. The second kappa shape index (κ2) is 5.81. The molecule has 2 rings (SSSR count). The maximum absolute atomic E-state index is 11.5. The molecule has 0 fully saturated rings. The minimum Gasteiger partial charge on any atom is -0.352 e. The Morgan fingerprint density at radius 2 is 2.44 bits per heavy atom. The van der Waals surface area contributed by atoms with E-state index in [0.717, 1.165) is 11.5 Å². The van der Waals surface area contributed by atoms with E-state index in [1.54, 1.807) is 29.3 Å². The first-order valence-corrected chi connectivity index (χ1v) is 5.68. The zero-order chi connectivity index (χ0) is 12.8. The van der Waals surface area contributed by atoms with E-state index in [0.29, 0.717) is 13.0 Å². The van der Waals surface area contributed by atoms with Gasteiger partial charge in [0, 0.05) is 44.7 Å². The largest absolute Gasteiger partial charge is 0.352 e. The van der Waals surface area contributed by atoms with Crippen molar-refractivity contribution in [2.24, 2.45) is 7.05 Å². The van der Waals surface area contributed by atoms with Gasteiger partial charge in [0.15, 0.2) is 0 Å². The van der Waals surface area contributed by atoms with Gasteiger partial charge in [-0.2, -0.15) is 5.10 Å². The number of hydrogen-bond acceptors (Lipinski definition) is 3. The van der Waals surface area contributed by atoms with E-state index >= 15 is 0 Å². The van der Waals surface area contributed by atoms with Crippen LogP contribution >= 0.6 is 0 Å². The van der Waals surface area contributed by atoms with Crippen LogP contribution in [0.3, 0.4) is 0 Å². The van der Waals surface area contributed by atoms with Crippen molar-refractivity contribution in [3.05, 3.63) is 42.3 Å². The molecular weight excluding hydrogens is 230 g/mol. The highest BCUT2D eigenvalue weighted by Crippen LogP contribution is 1.98. The molecule has 94 valence electrons. The second-order valence-corrected chi connectivity index (χ2v) is 3.79. The average molecular weight is 245 g/mol. The van der Waals surface area contributed by atoms with Gasteiger partial charge in [0.05, 0.1) is 5.69 Å². The van der Waals surface area contributed by atoms with Crippen LogP contribution < -0.4 is 5.32 Å². The topological polar surface area (TPSA) is 75.6 Å². The summed E-state index contributed by atoms with van der Waals surface area (Å²) in [4.78, 5) is 18.6. The Hall–Kier alpha value is -2.37. The fourth-order valence-electron chi connectivity index (χ4n) is 1.51. The highest BCUT2D eigenvalue weighted by molar-refractivity contribution is 5.91. The monoisotopic (exact) mass is 245 g/mol. The predicted molar refractivity (Wildman–Crippen MR) is 67.5 cm³/mol. The van der Waals surface area contributed by atoms with Gasteiger partial charge in [-0.15, -0.1) is 0 Å². The summed E-state index contributed by atoms with van der Waals surface area (Å²) >= 11 is 0. The summed E-state index contributed by atoms with van der Waals surface area (Å²) in [5.41, 5.74) is 0.885. The number of aromatic nitrogens is 4. The molecule has 0 aromatic carbocycles. The molecule has 0 bridgehead atoms. The van der Waals surface area contributed by atoms with Crippen LogP contribution in [0, 0.1) is 0 Å². The summed E-state index contributed by atoms with van der Waals surface area (Å²) in [7, 11) is 1.83. The summed E-state index contributed by atoms with van der Waals surface area (Å²) in [6.07, 6.45) is 9.07. The maximum Gasteiger partial charge on any atom is 0.244 e. The number of aryl methyl sites for hydroxylation is 1. The molecule has 18 heavy (non-hydrogen) atoms. The summed E-state index contributed by atoms with van der Waals surface area (Å²) in [6.45, 7) is 0.558. The van der Waals surface area contributed by atoms with Gasteiger partial charge in [-0.1, -0.05) is 0 Å². The van der Waals surface area contributed by atoms with Crippen LogP contribution in [0.25, 0.3) is 6.08 Å². The minimum atomic E-state index is -0.122. The van der Waals surface area contributed by atoms with E-state index < -0.39 is 0 Å². The van der Waals surface area contributed by atoms with Crippen molar-refractivity contribution in [3.8, 4) is 0 Å². The molecule has 6 heteroatoms. The van der Waals surface area contributed by atoms with Crippen molar-refractivity contribution in [1.82, 2.24) is 25.1 Å². The number of H-pyrrole nitrogens is 1. The Balaban J connectivity index is 1.75. The highest BCUT2D eigenvalue weighted by atomic mass is 16.1. The van der Waals surface area contributed by atoms with E-state index in [1.165, 1.54) is 6.08 Å². The molecule has 2 heterocycles. The Morgan fingerprint density at radius 3 is 3.11 bits per heavy atom. The molecular formula is C12H15N5O. The van der Waals surface area contributed by atoms with Crippen LogP contribution in [0.2, 0.25) is 0 Å². The molecule has 0 saturated heterocycles. The average Bonchev–Trinajstić information content (AvgIpc) is 2.98. The van der Waals surface area contributed by atoms with Gasteiger partial charge in [0.25, 0.3) is 0 Å². The lowest BCUT2D eigenvalue weighted by Gasteiger charge is -2.00. The first-order valence-electron chi connectivity index (χ1n) is 5.68. The molecule has 0 unspecified atom stereocenters. The van der Waals surface area contributed by atoms with Crippen molar-refractivity contribution in [2.75, 3.05) is 6.54 Å². The molecule has 2 aromatic rings. The normalized spacial score (nSPS) is 10.9. The van der Waals surface area contributed by atoms with Crippen molar-refractivity contribution in [2.45, 2.75) is 6.42 Å². The molecule has 0 saturated carbocycles. The summed E-state index contributed by atoms with van der Waals surface area (Å²) < 4.78 is 1.70. The molecule has 2 N–H and O–H groups in total. The third kappa shape index (κ3) is 3.31. The second-order valence-electron chi connectivity index (χ2n) is 3.79. The number of nitrogens with one attached hydrogen (secondary N) is 2. The number of nitrogens with zero attached hydrogens (tertiary/aromatic N) is 3. The van der Waals surface area contributed by atoms with Crippen LogP contribution in [0.5, 0.6) is 0 Å². The fraction of sp³-hybridized carbons (Fsp3) is 0.250. The predicted octanol–water partition coefficient (Wildman–Crippen LogP) is 0.515. The van der Waals surface area contributed by atoms with E-state index in [-0.39, 0.29) is 5.91 Å². The van der Waals surface area contributed by atoms with Gasteiger partial charge in [-0.3, -0.25) is 9.48 Å². The molecule has 6 nitrogen and oxygen atoms in total. The molecule has 1 amide bonds. The van der Waals surface area contributed by atoms with Crippen molar-refractivity contribution in [1.29, 1.82) is 0 Å². The van der Waals surface area contributed by atoms with E-state index in [2.05, 4.69) is 20.4 Å². The SMILES string of the molecule is Cn1nccc1/C=C/C(=O)NCCc1ncc[nH]1. The molecule has 0 spiro atoms. The Bertz CT molecular complexity index is 526. The summed E-state index contributed by atoms with van der Waals surface area (Å²) in [6, 6.07) is 1.84. The van der Waals surface area contributed by atoms with Crippen LogP contribution in [0.1, 0.15) is 11.5 Å². The molecule has 0 aliphatic rings. The first kappa shape index (κ1) is 12.1. The third-order valence-corrected chi connectivity index (χ3v) is 2.48. The summed E-state index contributed by atoms with van der Waals surface area (Å²) in [5, 5.41) is 6.80. The minimum absolute atomic E-state index is 0.122. The maximum atomic E-state index is 11.5. The Morgan fingerprint density at radius 1 is 1.56 bits per heavy atom. The zero-order valence-corrected chi connectivity index (χ0v) is 10.1. The lowest BCUT2D eigenvalue weighted by Crippen LogP contribution is -2.23. The van der Waals surface area contributed by atoms with Crippen LogP contribution in [-0.4, -0.2) is 32.2 Å². The quantitative estimate of drug-likeness (QED) is 0.754. The van der Waals surface area contributed by atoms with Crippen LogP contribution in [0.15, 0.2) is 30.7 Å². The number of carbonyl (C=O) groups is 1. The van der Waals surface area contributed by atoms with Crippen LogP contribution in [-0.2, 0) is 18.3 Å². The van der Waals surface area contributed by atoms with Crippen molar-refractivity contribution >= 4 is 12.0 Å². The van der Waals surface area contributed by atoms with E-state index in [4.69, 9.17) is 0 Å². The summed E-state index contributed by atoms with van der Waals surface area (Å²) in [5.74, 6) is 0.744. The lowest BCUT2D eigenvalue weighted by molar-refractivity contribution is -0.116. The van der Waals surface area contributed by atoms with E-state index in [1.807, 2.05) is 13.1 Å².